The summed E-state index contributed by atoms with van der Waals surface area (Å²) in [6.07, 6.45) is 0.905. The van der Waals surface area contributed by atoms with Crippen LogP contribution >= 0.6 is 33.9 Å². The molecule has 0 radical (unpaired) electrons. The molecule has 0 aliphatic carbocycles. The van der Waals surface area contributed by atoms with Gasteiger partial charge in [-0.15, -0.1) is 11.3 Å². The Morgan fingerprint density at radius 3 is 2.67 bits per heavy atom. The van der Waals surface area contributed by atoms with Crippen molar-refractivity contribution in [2.75, 3.05) is 0 Å². The van der Waals surface area contributed by atoms with Crippen molar-refractivity contribution in [3.05, 3.63) is 80.0 Å². The van der Waals surface area contributed by atoms with Gasteiger partial charge in [-0.3, -0.25) is 0 Å². The lowest BCUT2D eigenvalue weighted by Crippen LogP contribution is -1.90. The van der Waals surface area contributed by atoms with Crippen LogP contribution in [0.4, 0.5) is 4.39 Å². The maximum Gasteiger partial charge on any atom is 0.131 e. The zero-order valence-electron chi connectivity index (χ0n) is 11.6. The second-order valence-electron chi connectivity index (χ2n) is 4.99. The molecule has 3 rings (SSSR count). The molecule has 3 heteroatoms. The van der Waals surface area contributed by atoms with Crippen molar-refractivity contribution in [1.29, 1.82) is 0 Å². The molecule has 1 aromatic heterocycles. The van der Waals surface area contributed by atoms with Gasteiger partial charge in [0.25, 0.3) is 0 Å². The van der Waals surface area contributed by atoms with Gasteiger partial charge in [0.15, 0.2) is 0 Å². The molecular weight excluding hydrogens is 394 g/mol. The second kappa shape index (κ2) is 6.28. The van der Waals surface area contributed by atoms with E-state index in [4.69, 9.17) is 0 Å². The van der Waals surface area contributed by atoms with Gasteiger partial charge >= 0.3 is 0 Å². The van der Waals surface area contributed by atoms with Crippen molar-refractivity contribution < 1.29 is 4.39 Å². The Hall–Kier alpha value is -1.20. The quantitative estimate of drug-likeness (QED) is 0.463. The summed E-state index contributed by atoms with van der Waals surface area (Å²) in [7, 11) is 0. The molecule has 0 aliphatic heterocycles. The van der Waals surface area contributed by atoms with E-state index in [0.717, 1.165) is 11.3 Å². The molecule has 0 N–H and O–H groups in total. The van der Waals surface area contributed by atoms with Gasteiger partial charge in [-0.25, -0.2) is 4.39 Å². The van der Waals surface area contributed by atoms with Crippen LogP contribution in [0.3, 0.4) is 0 Å². The van der Waals surface area contributed by atoms with E-state index in [1.54, 1.807) is 17.4 Å². The number of halogens is 2. The van der Waals surface area contributed by atoms with Crippen LogP contribution in [0.15, 0.2) is 54.6 Å². The first-order valence-electron chi connectivity index (χ1n) is 6.72. The van der Waals surface area contributed by atoms with E-state index in [1.165, 1.54) is 25.6 Å². The number of thiophene rings is 1. The second-order valence-corrected chi connectivity index (χ2v) is 7.41. The molecule has 3 aromatic rings. The molecule has 0 nitrogen and oxygen atoms in total. The molecule has 0 spiro atoms. The molecule has 1 heterocycles. The summed E-state index contributed by atoms with van der Waals surface area (Å²) in [6, 6.07) is 17.6. The highest BCUT2D eigenvalue weighted by Gasteiger charge is 2.09. The molecule has 0 fully saturated rings. The van der Waals surface area contributed by atoms with Gasteiger partial charge < -0.3 is 0 Å². The Labute approximate surface area is 141 Å². The Morgan fingerprint density at radius 1 is 1.05 bits per heavy atom. The first-order chi connectivity index (χ1) is 10.1. The smallest absolute Gasteiger partial charge is 0.131 e. The van der Waals surface area contributed by atoms with Crippen LogP contribution in [-0.2, 0) is 6.42 Å². The van der Waals surface area contributed by atoms with Crippen molar-refractivity contribution >= 4 is 33.9 Å². The van der Waals surface area contributed by atoms with Crippen molar-refractivity contribution in [2.24, 2.45) is 0 Å². The maximum absolute atomic E-state index is 13.8. The van der Waals surface area contributed by atoms with Crippen LogP contribution in [0, 0.1) is 16.3 Å². The molecule has 0 atom stereocenters. The van der Waals surface area contributed by atoms with Gasteiger partial charge in [-0.05, 0) is 71.0 Å². The molecule has 0 aliphatic rings. The predicted octanol–water partition coefficient (Wildman–Crippen LogP) is 6.06. The fourth-order valence-electron chi connectivity index (χ4n) is 2.30. The van der Waals surface area contributed by atoms with Crippen LogP contribution in [0.2, 0.25) is 0 Å². The largest absolute Gasteiger partial charge is 0.206 e. The molecule has 0 amide bonds. The normalized spacial score (nSPS) is 10.8. The van der Waals surface area contributed by atoms with Crippen LogP contribution in [-0.4, -0.2) is 0 Å². The summed E-state index contributed by atoms with van der Waals surface area (Å²) in [5, 5.41) is 0. The minimum Gasteiger partial charge on any atom is -0.206 e. The summed E-state index contributed by atoms with van der Waals surface area (Å²) in [5.74, 6) is -0.156. The van der Waals surface area contributed by atoms with Crippen molar-refractivity contribution in [3.63, 3.8) is 0 Å². The molecule has 0 saturated heterocycles. The Kier molecular flexibility index (Phi) is 4.40. The topological polar surface area (TPSA) is 0 Å². The summed E-state index contributed by atoms with van der Waals surface area (Å²) < 4.78 is 15.1. The average molecular weight is 408 g/mol. The van der Waals surface area contributed by atoms with Gasteiger partial charge in [0.2, 0.25) is 0 Å². The van der Waals surface area contributed by atoms with E-state index >= 15 is 0 Å². The highest BCUT2D eigenvalue weighted by molar-refractivity contribution is 14.1. The fourth-order valence-corrected chi connectivity index (χ4v) is 3.91. The SMILES string of the molecule is Cc1ccc(I)cc1Cc1ccc(-c2ccccc2F)s1. The first kappa shape index (κ1) is 14.7. The van der Waals surface area contributed by atoms with E-state index in [9.17, 15) is 4.39 Å². The van der Waals surface area contributed by atoms with Crippen LogP contribution < -0.4 is 0 Å². The van der Waals surface area contributed by atoms with E-state index in [2.05, 4.69) is 53.8 Å². The molecule has 0 unspecified atom stereocenters. The molecule has 0 bridgehead atoms. The van der Waals surface area contributed by atoms with E-state index in [1.807, 2.05) is 18.2 Å². The Balaban J connectivity index is 1.89. The molecule has 2 aromatic carbocycles. The lowest BCUT2D eigenvalue weighted by molar-refractivity contribution is 0.631. The number of rotatable bonds is 3. The van der Waals surface area contributed by atoms with E-state index in [-0.39, 0.29) is 5.82 Å². The summed E-state index contributed by atoms with van der Waals surface area (Å²) in [5.41, 5.74) is 3.33. The van der Waals surface area contributed by atoms with Crippen molar-refractivity contribution in [3.8, 4) is 10.4 Å². The highest BCUT2D eigenvalue weighted by atomic mass is 127. The van der Waals surface area contributed by atoms with Gasteiger partial charge in [0.05, 0.1) is 0 Å². The van der Waals surface area contributed by atoms with Gasteiger partial charge in [0.1, 0.15) is 5.82 Å². The zero-order valence-corrected chi connectivity index (χ0v) is 14.5. The number of hydrogen-bond donors (Lipinski definition) is 0. The minimum atomic E-state index is -0.156. The van der Waals surface area contributed by atoms with Crippen LogP contribution in [0.25, 0.3) is 10.4 Å². The summed E-state index contributed by atoms with van der Waals surface area (Å²) in [4.78, 5) is 2.25. The van der Waals surface area contributed by atoms with E-state index < -0.39 is 0 Å². The first-order valence-corrected chi connectivity index (χ1v) is 8.61. The molecule has 21 heavy (non-hydrogen) atoms. The summed E-state index contributed by atoms with van der Waals surface area (Å²) in [6.45, 7) is 2.14. The van der Waals surface area contributed by atoms with Crippen molar-refractivity contribution in [2.45, 2.75) is 13.3 Å². The molecule has 0 saturated carbocycles. The third kappa shape index (κ3) is 3.35. The lowest BCUT2D eigenvalue weighted by Gasteiger charge is -2.05. The Morgan fingerprint density at radius 2 is 1.86 bits per heavy atom. The fraction of sp³-hybridized carbons (Fsp3) is 0.111. The molecular formula is C18H14FIS. The number of hydrogen-bond acceptors (Lipinski definition) is 1. The lowest BCUT2D eigenvalue weighted by atomic mass is 10.1. The third-order valence-electron chi connectivity index (χ3n) is 3.48. The van der Waals surface area contributed by atoms with Crippen molar-refractivity contribution in [1.82, 2.24) is 0 Å². The highest BCUT2D eigenvalue weighted by Crippen LogP contribution is 2.31. The summed E-state index contributed by atoms with van der Waals surface area (Å²) >= 11 is 4.00. The van der Waals surface area contributed by atoms with Crippen LogP contribution in [0.1, 0.15) is 16.0 Å². The van der Waals surface area contributed by atoms with Gasteiger partial charge in [-0.1, -0.05) is 24.3 Å². The maximum atomic E-state index is 13.8. The average Bonchev–Trinajstić information content (AvgIpc) is 2.92. The number of benzene rings is 2. The number of aryl methyl sites for hydroxylation is 1. The Bertz CT molecular complexity index is 776. The molecule has 106 valence electrons. The predicted molar refractivity (Wildman–Crippen MR) is 96.4 cm³/mol. The minimum absolute atomic E-state index is 0.156. The third-order valence-corrected chi connectivity index (χ3v) is 5.27. The van der Waals surface area contributed by atoms with Gasteiger partial charge in [0, 0.05) is 25.3 Å². The zero-order chi connectivity index (χ0) is 14.8. The standard InChI is InChI=1S/C18H14FIS/c1-12-6-7-14(20)10-13(12)11-15-8-9-18(21-15)16-4-2-3-5-17(16)19/h2-10H,11H2,1H3. The van der Waals surface area contributed by atoms with Crippen LogP contribution in [0.5, 0.6) is 0 Å². The van der Waals surface area contributed by atoms with Gasteiger partial charge in [-0.2, -0.15) is 0 Å². The van der Waals surface area contributed by atoms with E-state index in [0.29, 0.717) is 5.56 Å². The monoisotopic (exact) mass is 408 g/mol.